The maximum absolute atomic E-state index is 12.6. The molecule has 1 aliphatic rings. The Balaban J connectivity index is 1.60. The molecular formula is C16H22N4O6S. The van der Waals surface area contributed by atoms with Crippen molar-refractivity contribution in [1.82, 2.24) is 19.4 Å². The van der Waals surface area contributed by atoms with E-state index < -0.39 is 16.0 Å². The van der Waals surface area contributed by atoms with Gasteiger partial charge in [0.1, 0.15) is 10.6 Å². The van der Waals surface area contributed by atoms with Gasteiger partial charge in [-0.1, -0.05) is 19.0 Å². The molecule has 1 aliphatic heterocycles. The number of sulfonamides is 1. The van der Waals surface area contributed by atoms with Crippen LogP contribution in [0.5, 0.6) is 0 Å². The highest BCUT2D eigenvalue weighted by atomic mass is 32.2. The van der Waals surface area contributed by atoms with E-state index in [2.05, 4.69) is 15.1 Å². The molecule has 0 spiro atoms. The minimum atomic E-state index is -3.68. The Kier molecular flexibility index (Phi) is 5.92. The lowest BCUT2D eigenvalue weighted by Crippen LogP contribution is -2.40. The zero-order valence-corrected chi connectivity index (χ0v) is 16.0. The van der Waals surface area contributed by atoms with Crippen molar-refractivity contribution in [2.45, 2.75) is 31.8 Å². The van der Waals surface area contributed by atoms with Crippen LogP contribution in [0.15, 0.2) is 21.7 Å². The summed E-state index contributed by atoms with van der Waals surface area (Å²) in [4.78, 5) is 18.9. The van der Waals surface area contributed by atoms with Crippen molar-refractivity contribution in [3.05, 3.63) is 29.7 Å². The molecule has 148 valence electrons. The Hall–Kier alpha value is -2.24. The first-order valence-electron chi connectivity index (χ1n) is 8.61. The fourth-order valence-electron chi connectivity index (χ4n) is 2.58. The SMILES string of the molecule is CC(C)Cc1noc(COC(=O)c2cc(S(=O)(=O)N3CCOCC3)c[nH]2)n1. The smallest absolute Gasteiger partial charge is 0.355 e. The molecule has 1 fully saturated rings. The minimum Gasteiger partial charge on any atom is -0.451 e. The molecule has 0 amide bonds. The highest BCUT2D eigenvalue weighted by Crippen LogP contribution is 2.18. The lowest BCUT2D eigenvalue weighted by atomic mass is 10.1. The maximum Gasteiger partial charge on any atom is 0.355 e. The van der Waals surface area contributed by atoms with Crippen LogP contribution in [0.2, 0.25) is 0 Å². The average Bonchev–Trinajstić information content (AvgIpc) is 3.30. The summed E-state index contributed by atoms with van der Waals surface area (Å²) in [6.07, 6.45) is 1.94. The molecule has 27 heavy (non-hydrogen) atoms. The number of nitrogens with one attached hydrogen (secondary N) is 1. The summed E-state index contributed by atoms with van der Waals surface area (Å²) in [5, 5.41) is 3.81. The highest BCUT2D eigenvalue weighted by molar-refractivity contribution is 7.89. The zero-order chi connectivity index (χ0) is 19.4. The van der Waals surface area contributed by atoms with Crippen molar-refractivity contribution in [3.63, 3.8) is 0 Å². The minimum absolute atomic E-state index is 0.00774. The van der Waals surface area contributed by atoms with Crippen LogP contribution in [0.1, 0.15) is 36.1 Å². The zero-order valence-electron chi connectivity index (χ0n) is 15.2. The topological polar surface area (TPSA) is 128 Å². The van der Waals surface area contributed by atoms with Crippen molar-refractivity contribution in [2.24, 2.45) is 5.92 Å². The van der Waals surface area contributed by atoms with Crippen molar-refractivity contribution in [2.75, 3.05) is 26.3 Å². The molecule has 0 aromatic carbocycles. The summed E-state index contributed by atoms with van der Waals surface area (Å²) in [6, 6.07) is 1.26. The largest absolute Gasteiger partial charge is 0.451 e. The van der Waals surface area contributed by atoms with Gasteiger partial charge in [0.2, 0.25) is 10.0 Å². The van der Waals surface area contributed by atoms with E-state index in [1.54, 1.807) is 0 Å². The Morgan fingerprint density at radius 2 is 2.11 bits per heavy atom. The Morgan fingerprint density at radius 3 is 2.81 bits per heavy atom. The molecule has 1 saturated heterocycles. The Labute approximate surface area is 156 Å². The first kappa shape index (κ1) is 19.5. The molecule has 3 rings (SSSR count). The number of rotatable bonds is 7. The van der Waals surface area contributed by atoms with Gasteiger partial charge in [0.05, 0.1) is 13.2 Å². The summed E-state index contributed by atoms with van der Waals surface area (Å²) in [7, 11) is -3.68. The van der Waals surface area contributed by atoms with E-state index >= 15 is 0 Å². The van der Waals surface area contributed by atoms with E-state index in [1.165, 1.54) is 16.6 Å². The monoisotopic (exact) mass is 398 g/mol. The molecule has 1 N–H and O–H groups in total. The number of hydrogen-bond donors (Lipinski definition) is 1. The number of H-pyrrole nitrogens is 1. The second-order valence-electron chi connectivity index (χ2n) is 6.54. The second kappa shape index (κ2) is 8.19. The standard InChI is InChI=1S/C16H22N4O6S/c1-11(2)7-14-18-15(26-19-14)10-25-16(21)13-8-12(9-17-13)27(22,23)20-3-5-24-6-4-20/h8-9,11,17H,3-7,10H2,1-2H3. The van der Waals surface area contributed by atoms with Crippen LogP contribution < -0.4 is 0 Å². The van der Waals surface area contributed by atoms with Gasteiger partial charge in [-0.25, -0.2) is 13.2 Å². The third kappa shape index (κ3) is 4.73. The number of aromatic amines is 1. The van der Waals surface area contributed by atoms with E-state index in [0.29, 0.717) is 31.4 Å². The van der Waals surface area contributed by atoms with E-state index in [1.807, 2.05) is 13.8 Å². The maximum atomic E-state index is 12.6. The molecule has 0 radical (unpaired) electrons. The van der Waals surface area contributed by atoms with Crippen molar-refractivity contribution in [1.29, 1.82) is 0 Å². The lowest BCUT2D eigenvalue weighted by Gasteiger charge is -2.25. The van der Waals surface area contributed by atoms with Gasteiger partial charge < -0.3 is 19.0 Å². The quantitative estimate of drug-likeness (QED) is 0.684. The molecular weight excluding hydrogens is 376 g/mol. The summed E-state index contributed by atoms with van der Waals surface area (Å²) < 4.78 is 41.7. The van der Waals surface area contributed by atoms with Gasteiger partial charge in [-0.2, -0.15) is 9.29 Å². The molecule has 2 aromatic rings. The van der Waals surface area contributed by atoms with Gasteiger partial charge in [0.15, 0.2) is 12.4 Å². The van der Waals surface area contributed by atoms with Crippen LogP contribution in [0.25, 0.3) is 0 Å². The fourth-order valence-corrected chi connectivity index (χ4v) is 3.98. The summed E-state index contributed by atoms with van der Waals surface area (Å²) in [6.45, 7) is 5.14. The van der Waals surface area contributed by atoms with Crippen LogP contribution in [-0.4, -0.2) is 60.1 Å². The first-order valence-corrected chi connectivity index (χ1v) is 10.0. The van der Waals surface area contributed by atoms with Crippen molar-refractivity contribution < 1.29 is 27.2 Å². The Morgan fingerprint density at radius 1 is 1.37 bits per heavy atom. The van der Waals surface area contributed by atoms with Crippen LogP contribution in [0.3, 0.4) is 0 Å². The van der Waals surface area contributed by atoms with Gasteiger partial charge in [0.25, 0.3) is 5.89 Å². The molecule has 11 heteroatoms. The number of hydrogen-bond acceptors (Lipinski definition) is 8. The van der Waals surface area contributed by atoms with Crippen molar-refractivity contribution >= 4 is 16.0 Å². The Bertz CT molecular complexity index is 882. The van der Waals surface area contributed by atoms with Crippen molar-refractivity contribution in [3.8, 4) is 0 Å². The third-order valence-corrected chi connectivity index (χ3v) is 5.79. The van der Waals surface area contributed by atoms with Gasteiger partial charge in [-0.05, 0) is 12.0 Å². The van der Waals surface area contributed by atoms with Gasteiger partial charge in [0, 0.05) is 25.7 Å². The fraction of sp³-hybridized carbons (Fsp3) is 0.562. The van der Waals surface area contributed by atoms with Crippen LogP contribution in [0.4, 0.5) is 0 Å². The molecule has 0 bridgehead atoms. The average molecular weight is 398 g/mol. The van der Waals surface area contributed by atoms with Crippen LogP contribution in [-0.2, 0) is 32.5 Å². The first-order chi connectivity index (χ1) is 12.9. The molecule has 0 aliphatic carbocycles. The number of carbonyl (C=O) groups is 1. The molecule has 0 saturated carbocycles. The number of morpholine rings is 1. The number of nitrogens with zero attached hydrogens (tertiary/aromatic N) is 3. The van der Waals surface area contributed by atoms with Gasteiger partial charge in [-0.15, -0.1) is 0 Å². The summed E-state index contributed by atoms with van der Waals surface area (Å²) >= 11 is 0. The summed E-state index contributed by atoms with van der Waals surface area (Å²) in [5.74, 6) is 0.410. The van der Waals surface area contributed by atoms with Gasteiger partial charge >= 0.3 is 5.97 Å². The van der Waals surface area contributed by atoms with Gasteiger partial charge in [-0.3, -0.25) is 0 Å². The molecule has 0 unspecified atom stereocenters. The number of esters is 1. The van der Waals surface area contributed by atoms with E-state index in [4.69, 9.17) is 14.0 Å². The molecule has 2 aromatic heterocycles. The van der Waals surface area contributed by atoms with E-state index in [0.717, 1.165) is 0 Å². The molecule has 10 nitrogen and oxygen atoms in total. The van der Waals surface area contributed by atoms with Crippen LogP contribution >= 0.6 is 0 Å². The number of aromatic nitrogens is 3. The third-order valence-electron chi connectivity index (χ3n) is 3.91. The van der Waals surface area contributed by atoms with Crippen LogP contribution in [0, 0.1) is 5.92 Å². The molecule has 3 heterocycles. The lowest BCUT2D eigenvalue weighted by molar-refractivity contribution is 0.0423. The van der Waals surface area contributed by atoms with E-state index in [9.17, 15) is 13.2 Å². The number of carbonyl (C=O) groups excluding carboxylic acids is 1. The van der Waals surface area contributed by atoms with E-state index in [-0.39, 0.29) is 36.2 Å². The highest BCUT2D eigenvalue weighted by Gasteiger charge is 2.28. The predicted molar refractivity (Wildman–Crippen MR) is 92.3 cm³/mol. The normalized spacial score (nSPS) is 16.0. The molecule has 0 atom stereocenters. The predicted octanol–water partition coefficient (Wildman–Crippen LogP) is 0.974. The summed E-state index contributed by atoms with van der Waals surface area (Å²) in [5.41, 5.74) is 0.0313. The number of ether oxygens (including phenoxy) is 2. The second-order valence-corrected chi connectivity index (χ2v) is 8.48.